The number of hydrogen-bond donors (Lipinski definition) is 4. The first-order valence-electron chi connectivity index (χ1n) is 14.5. The molecule has 13 heteroatoms. The van der Waals surface area contributed by atoms with Crippen LogP contribution in [0.3, 0.4) is 0 Å². The minimum absolute atomic E-state index is 0.112. The molecule has 0 unspecified atom stereocenters. The number of rotatable bonds is 7. The van der Waals surface area contributed by atoms with Gasteiger partial charge in [-0.2, -0.15) is 0 Å². The van der Waals surface area contributed by atoms with Gasteiger partial charge in [0.1, 0.15) is 25.8 Å². The molecule has 2 amide bonds. The number of carbonyl (C=O) groups is 3. The molecule has 4 N–H and O–H groups in total. The Kier molecular flexibility index (Phi) is 7.50. The summed E-state index contributed by atoms with van der Waals surface area (Å²) in [7, 11) is 0. The van der Waals surface area contributed by atoms with E-state index in [9.17, 15) is 24.3 Å². The fraction of sp³-hybridized carbons (Fsp3) is 0.452. The third kappa shape index (κ3) is 5.24. The van der Waals surface area contributed by atoms with Crippen molar-refractivity contribution in [3.8, 4) is 11.4 Å². The average molecular weight is 608 g/mol. The first-order valence-corrected chi connectivity index (χ1v) is 14.5. The van der Waals surface area contributed by atoms with Gasteiger partial charge >= 0.3 is 5.97 Å². The molecule has 4 heterocycles. The predicted octanol–water partition coefficient (Wildman–Crippen LogP) is 1.54. The van der Waals surface area contributed by atoms with Crippen LogP contribution in [0, 0.1) is 12.7 Å². The molecule has 2 aromatic heterocycles. The highest BCUT2D eigenvalue weighted by atomic mass is 19.1. The summed E-state index contributed by atoms with van der Waals surface area (Å²) >= 11 is 0. The molecule has 0 bridgehead atoms. The van der Waals surface area contributed by atoms with Gasteiger partial charge in [-0.25, -0.2) is 14.2 Å². The van der Waals surface area contributed by atoms with Gasteiger partial charge in [0.15, 0.2) is 6.10 Å². The zero-order valence-corrected chi connectivity index (χ0v) is 24.9. The fourth-order valence-corrected chi connectivity index (χ4v) is 6.16. The van der Waals surface area contributed by atoms with Crippen molar-refractivity contribution in [2.24, 2.45) is 0 Å². The summed E-state index contributed by atoms with van der Waals surface area (Å²) in [6.45, 7) is 7.12. The maximum Gasteiger partial charge on any atom is 0.340 e. The molecule has 3 aromatic rings. The molecule has 0 fully saturated rings. The Morgan fingerprint density at radius 1 is 1.18 bits per heavy atom. The number of halogens is 1. The van der Waals surface area contributed by atoms with Crippen LogP contribution >= 0.6 is 0 Å². The molecular weight excluding hydrogens is 573 g/mol. The van der Waals surface area contributed by atoms with E-state index in [1.807, 2.05) is 20.8 Å². The number of cyclic esters (lactones) is 1. The van der Waals surface area contributed by atoms with Gasteiger partial charge in [-0.15, -0.1) is 0 Å². The molecule has 0 spiro atoms. The van der Waals surface area contributed by atoms with Crippen LogP contribution < -0.4 is 21.5 Å². The van der Waals surface area contributed by atoms with Crippen LogP contribution in [0.5, 0.6) is 0 Å². The Balaban J connectivity index is 1.30. The molecule has 0 radical (unpaired) electrons. The second-order valence-corrected chi connectivity index (χ2v) is 12.4. The van der Waals surface area contributed by atoms with Crippen molar-refractivity contribution in [1.29, 1.82) is 0 Å². The number of aliphatic hydroxyl groups is 1. The Labute approximate surface area is 251 Å². The van der Waals surface area contributed by atoms with Crippen molar-refractivity contribution in [2.45, 2.75) is 71.4 Å². The van der Waals surface area contributed by atoms with Crippen molar-refractivity contribution < 1.29 is 33.4 Å². The van der Waals surface area contributed by atoms with E-state index in [4.69, 9.17) is 14.5 Å². The third-order valence-electron chi connectivity index (χ3n) is 8.37. The molecule has 2 atom stereocenters. The predicted molar refractivity (Wildman–Crippen MR) is 156 cm³/mol. The van der Waals surface area contributed by atoms with Crippen molar-refractivity contribution in [1.82, 2.24) is 25.5 Å². The molecule has 12 nitrogen and oxygen atoms in total. The van der Waals surface area contributed by atoms with Gasteiger partial charge in [0.05, 0.1) is 41.6 Å². The number of ether oxygens (including phenoxy) is 2. The van der Waals surface area contributed by atoms with Gasteiger partial charge in [0.2, 0.25) is 11.8 Å². The number of aromatic nitrogens is 2. The van der Waals surface area contributed by atoms with Crippen molar-refractivity contribution in [2.75, 3.05) is 19.9 Å². The highest BCUT2D eigenvalue weighted by molar-refractivity contribution is 5.93. The lowest BCUT2D eigenvalue weighted by Gasteiger charge is -2.29. The molecule has 1 aromatic carbocycles. The van der Waals surface area contributed by atoms with Crippen LogP contribution in [0.2, 0.25) is 0 Å². The molecular formula is C31H34FN5O7. The summed E-state index contributed by atoms with van der Waals surface area (Å²) in [4.78, 5) is 55.3. The van der Waals surface area contributed by atoms with Gasteiger partial charge < -0.3 is 35.1 Å². The first-order chi connectivity index (χ1) is 20.8. The standard InChI is InChI=1S/C31H34FN5O7/c1-14-15-5-6-20(35-24(39)12-43-13-33-23(38)9-34-31(2,3)4)26-17-10-37-22(27(17)36-21(25(15)26)8-19(14)32)7-16-18(29(37)41)11-44-30(42)28(16)40/h7-8,20,28,34,40H,5-6,9-13H2,1-4H3,(H,33,38)(H,35,39)/t20-,28-/m0/s1. The monoisotopic (exact) mass is 607 g/mol. The highest BCUT2D eigenvalue weighted by Crippen LogP contribution is 2.45. The van der Waals surface area contributed by atoms with Crippen LogP contribution in [0.4, 0.5) is 4.39 Å². The zero-order chi connectivity index (χ0) is 31.5. The maximum atomic E-state index is 15.0. The number of esters is 1. The summed E-state index contributed by atoms with van der Waals surface area (Å²) in [5.74, 6) is -1.91. The van der Waals surface area contributed by atoms with E-state index in [2.05, 4.69) is 16.0 Å². The number of fused-ring (bicyclic) bond motifs is 5. The van der Waals surface area contributed by atoms with E-state index in [1.54, 1.807) is 13.0 Å². The summed E-state index contributed by atoms with van der Waals surface area (Å²) < 4.78 is 26.9. The molecule has 0 saturated heterocycles. The summed E-state index contributed by atoms with van der Waals surface area (Å²) in [5, 5.41) is 19.9. The van der Waals surface area contributed by atoms with E-state index in [0.29, 0.717) is 40.9 Å². The molecule has 44 heavy (non-hydrogen) atoms. The minimum atomic E-state index is -1.60. The number of nitrogens with one attached hydrogen (secondary N) is 3. The van der Waals surface area contributed by atoms with Crippen molar-refractivity contribution in [3.05, 3.63) is 61.7 Å². The zero-order valence-electron chi connectivity index (χ0n) is 24.9. The SMILES string of the molecule is Cc1c(F)cc2nc3c(c4c2c1CC[C@@H]4NC(=O)COCNC(=O)CNC(C)(C)C)Cn1c-3cc2c(c1=O)COC(=O)[C@H]2O. The van der Waals surface area contributed by atoms with Crippen LogP contribution in [0.15, 0.2) is 16.9 Å². The Bertz CT molecular complexity index is 1800. The number of amides is 2. The second kappa shape index (κ2) is 11.1. The number of aliphatic hydroxyl groups excluding tert-OH is 1. The number of nitrogens with zero attached hydrogens (tertiary/aromatic N) is 2. The minimum Gasteiger partial charge on any atom is -0.458 e. The van der Waals surface area contributed by atoms with Crippen LogP contribution in [-0.2, 0) is 43.4 Å². The normalized spacial score (nSPS) is 18.4. The summed E-state index contributed by atoms with van der Waals surface area (Å²) in [6.07, 6.45) is -0.617. The lowest BCUT2D eigenvalue weighted by atomic mass is 9.81. The molecule has 2 aliphatic heterocycles. The van der Waals surface area contributed by atoms with Gasteiger partial charge in [0, 0.05) is 28.1 Å². The highest BCUT2D eigenvalue weighted by Gasteiger charge is 2.37. The third-order valence-corrected chi connectivity index (χ3v) is 8.37. The average Bonchev–Trinajstić information content (AvgIpc) is 3.34. The van der Waals surface area contributed by atoms with Gasteiger partial charge in [-0.3, -0.25) is 14.4 Å². The maximum absolute atomic E-state index is 15.0. The van der Waals surface area contributed by atoms with Crippen LogP contribution in [0.1, 0.15) is 72.7 Å². The number of benzene rings is 1. The fourth-order valence-electron chi connectivity index (χ4n) is 6.16. The quantitative estimate of drug-likeness (QED) is 0.139. The number of carbonyl (C=O) groups excluding carboxylic acids is 3. The Morgan fingerprint density at radius 3 is 2.70 bits per heavy atom. The van der Waals surface area contributed by atoms with Crippen molar-refractivity contribution >= 4 is 28.7 Å². The second-order valence-electron chi connectivity index (χ2n) is 12.4. The van der Waals surface area contributed by atoms with E-state index >= 15 is 4.39 Å². The number of aryl methyl sites for hydroxylation is 1. The lowest BCUT2D eigenvalue weighted by molar-refractivity contribution is -0.157. The summed E-state index contributed by atoms with van der Waals surface area (Å²) in [5.41, 5.74) is 3.70. The van der Waals surface area contributed by atoms with E-state index in [-0.39, 0.29) is 55.6 Å². The Morgan fingerprint density at radius 2 is 1.95 bits per heavy atom. The van der Waals surface area contributed by atoms with E-state index in [1.165, 1.54) is 10.6 Å². The molecule has 0 saturated carbocycles. The van der Waals surface area contributed by atoms with Gasteiger partial charge in [-0.1, -0.05) is 0 Å². The smallest absolute Gasteiger partial charge is 0.340 e. The number of pyridine rings is 2. The van der Waals surface area contributed by atoms with Gasteiger partial charge in [-0.05, 0) is 63.3 Å². The molecule has 1 aliphatic carbocycles. The largest absolute Gasteiger partial charge is 0.458 e. The van der Waals surface area contributed by atoms with Crippen LogP contribution in [-0.4, -0.2) is 57.9 Å². The molecule has 232 valence electrons. The first kappa shape index (κ1) is 29.9. The molecule has 6 rings (SSSR count). The van der Waals surface area contributed by atoms with E-state index < -0.39 is 35.4 Å². The van der Waals surface area contributed by atoms with Gasteiger partial charge in [0.25, 0.3) is 5.56 Å². The molecule has 3 aliphatic rings. The van der Waals surface area contributed by atoms with Crippen molar-refractivity contribution in [3.63, 3.8) is 0 Å². The number of hydrogen-bond acceptors (Lipinski definition) is 9. The van der Waals surface area contributed by atoms with E-state index in [0.717, 1.165) is 16.5 Å². The summed E-state index contributed by atoms with van der Waals surface area (Å²) in [6, 6.07) is 2.44. The topological polar surface area (TPSA) is 161 Å². The Hall–Kier alpha value is -4.20. The van der Waals surface area contributed by atoms with Crippen LogP contribution in [0.25, 0.3) is 22.3 Å². The lowest BCUT2D eigenvalue weighted by Crippen LogP contribution is -2.44.